The fraction of sp³-hybridized carbons (Fsp3) is 0.136. The van der Waals surface area contributed by atoms with Crippen molar-refractivity contribution in [3.8, 4) is 5.75 Å². The first-order chi connectivity index (χ1) is 14.3. The number of ketones is 1. The molecule has 0 aliphatic carbocycles. The van der Waals surface area contributed by atoms with E-state index in [0.717, 1.165) is 11.1 Å². The molecular formula is C22H22ClN3O3S. The molecule has 1 amide bonds. The van der Waals surface area contributed by atoms with Crippen LogP contribution in [0.3, 0.4) is 0 Å². The number of carbonyl (C=O) groups excluding carboxylic acids is 2. The Bertz CT molecular complexity index is 988. The molecule has 2 aromatic rings. The fourth-order valence-electron chi connectivity index (χ4n) is 2.15. The van der Waals surface area contributed by atoms with Crippen LogP contribution in [0, 0.1) is 0 Å². The number of amides is 1. The van der Waals surface area contributed by atoms with Gasteiger partial charge in [-0.15, -0.1) is 0 Å². The van der Waals surface area contributed by atoms with Crippen LogP contribution >= 0.6 is 23.4 Å². The van der Waals surface area contributed by atoms with Gasteiger partial charge in [0.1, 0.15) is 18.2 Å². The molecule has 1 aromatic carbocycles. The molecule has 0 atom stereocenters. The molecule has 0 bridgehead atoms. The van der Waals surface area contributed by atoms with E-state index in [1.165, 1.54) is 24.8 Å². The Balaban J connectivity index is 1.79. The largest absolute Gasteiger partial charge is 0.490 e. The number of benzene rings is 1. The number of pyridine rings is 1. The molecule has 0 spiro atoms. The van der Waals surface area contributed by atoms with E-state index in [-0.39, 0.29) is 18.3 Å². The fourth-order valence-corrected chi connectivity index (χ4v) is 3.07. The van der Waals surface area contributed by atoms with Crippen LogP contribution < -0.4 is 15.8 Å². The number of rotatable bonds is 10. The van der Waals surface area contributed by atoms with Gasteiger partial charge in [0.2, 0.25) is 5.91 Å². The van der Waals surface area contributed by atoms with Crippen LogP contribution in [-0.4, -0.2) is 29.8 Å². The first-order valence-corrected chi connectivity index (χ1v) is 10.1. The highest BCUT2D eigenvalue weighted by Crippen LogP contribution is 2.35. The van der Waals surface area contributed by atoms with E-state index in [1.807, 2.05) is 0 Å². The van der Waals surface area contributed by atoms with Crippen molar-refractivity contribution in [1.29, 1.82) is 0 Å². The van der Waals surface area contributed by atoms with E-state index in [0.29, 0.717) is 32.9 Å². The van der Waals surface area contributed by atoms with Crippen LogP contribution in [0.25, 0.3) is 11.0 Å². The molecule has 0 radical (unpaired) electrons. The standard InChI is InChI=1S/C22H22ClN3O3S/c1-14(27)15(2)30-16(3)18-6-7-20(19(23)12-18)29-11-10-25-22(28)9-5-17-4-8-21(24)26-13-17/h4-9,12-13H,2-3,10-11H2,1H3,(H2,24,26)(H,25,28)/b9-5+. The average molecular weight is 444 g/mol. The summed E-state index contributed by atoms with van der Waals surface area (Å²) in [7, 11) is 0. The molecule has 0 saturated heterocycles. The van der Waals surface area contributed by atoms with Crippen molar-refractivity contribution in [3.05, 3.63) is 76.8 Å². The van der Waals surface area contributed by atoms with Crippen molar-refractivity contribution in [1.82, 2.24) is 10.3 Å². The molecule has 0 unspecified atom stereocenters. The summed E-state index contributed by atoms with van der Waals surface area (Å²) in [6, 6.07) is 8.65. The van der Waals surface area contributed by atoms with Gasteiger partial charge in [0.15, 0.2) is 5.78 Å². The third kappa shape index (κ3) is 7.42. The number of nitrogens with zero attached hydrogens (tertiary/aromatic N) is 1. The molecule has 2 rings (SSSR count). The minimum atomic E-state index is -0.254. The zero-order valence-electron chi connectivity index (χ0n) is 16.5. The van der Waals surface area contributed by atoms with Gasteiger partial charge in [-0.1, -0.05) is 42.6 Å². The lowest BCUT2D eigenvalue weighted by Crippen LogP contribution is -2.26. The van der Waals surface area contributed by atoms with Gasteiger partial charge in [-0.3, -0.25) is 9.59 Å². The number of anilines is 1. The Kier molecular flexibility index (Phi) is 8.70. The lowest BCUT2D eigenvalue weighted by molar-refractivity contribution is -0.116. The molecule has 6 nitrogen and oxygen atoms in total. The second-order valence-electron chi connectivity index (χ2n) is 6.14. The molecular weight excluding hydrogens is 422 g/mol. The number of Topliss-reactive ketones (excluding diaryl/α,β-unsaturated/α-hetero) is 1. The third-order valence-electron chi connectivity index (χ3n) is 3.79. The van der Waals surface area contributed by atoms with Crippen molar-refractivity contribution < 1.29 is 14.3 Å². The average Bonchev–Trinajstić information content (AvgIpc) is 2.71. The summed E-state index contributed by atoms with van der Waals surface area (Å²) < 4.78 is 5.61. The van der Waals surface area contributed by atoms with Gasteiger partial charge in [-0.2, -0.15) is 0 Å². The Morgan fingerprint density at radius 3 is 2.70 bits per heavy atom. The first-order valence-electron chi connectivity index (χ1n) is 8.93. The number of halogens is 1. The molecule has 1 heterocycles. The Hall–Kier alpha value is -3.03. The zero-order valence-corrected chi connectivity index (χ0v) is 18.1. The first kappa shape index (κ1) is 23.3. The summed E-state index contributed by atoms with van der Waals surface area (Å²) in [5.41, 5.74) is 7.06. The summed E-state index contributed by atoms with van der Waals surface area (Å²) in [4.78, 5) is 28.2. The lowest BCUT2D eigenvalue weighted by Gasteiger charge is -2.11. The van der Waals surface area contributed by atoms with Crippen molar-refractivity contribution in [3.63, 3.8) is 0 Å². The molecule has 3 N–H and O–H groups in total. The van der Waals surface area contributed by atoms with Gasteiger partial charge < -0.3 is 15.8 Å². The molecule has 8 heteroatoms. The summed E-state index contributed by atoms with van der Waals surface area (Å²) in [6.45, 7) is 9.66. The number of hydrogen-bond acceptors (Lipinski definition) is 6. The maximum atomic E-state index is 11.8. The van der Waals surface area contributed by atoms with Gasteiger partial charge in [0.25, 0.3) is 0 Å². The molecule has 0 aliphatic rings. The number of thioether (sulfide) groups is 1. The molecule has 156 valence electrons. The number of allylic oxidation sites excluding steroid dienone is 1. The Morgan fingerprint density at radius 2 is 2.07 bits per heavy atom. The molecule has 0 fully saturated rings. The highest BCUT2D eigenvalue weighted by Gasteiger charge is 2.09. The number of aromatic nitrogens is 1. The van der Waals surface area contributed by atoms with Crippen molar-refractivity contribution in [2.75, 3.05) is 18.9 Å². The van der Waals surface area contributed by atoms with Crippen LogP contribution in [0.4, 0.5) is 5.82 Å². The number of nitrogen functional groups attached to an aromatic ring is 1. The summed E-state index contributed by atoms with van der Waals surface area (Å²) in [6.07, 6.45) is 4.63. The van der Waals surface area contributed by atoms with Crippen molar-refractivity contribution >= 4 is 51.9 Å². The second-order valence-corrected chi connectivity index (χ2v) is 7.74. The van der Waals surface area contributed by atoms with Gasteiger partial charge in [0, 0.05) is 22.1 Å². The molecule has 1 aromatic heterocycles. The molecule has 0 saturated carbocycles. The highest BCUT2D eigenvalue weighted by molar-refractivity contribution is 8.12. The maximum absolute atomic E-state index is 11.8. The van der Waals surface area contributed by atoms with Crippen LogP contribution in [0.5, 0.6) is 5.75 Å². The van der Waals surface area contributed by atoms with Crippen LogP contribution in [-0.2, 0) is 9.59 Å². The number of carbonyl (C=O) groups is 2. The van der Waals surface area contributed by atoms with E-state index in [2.05, 4.69) is 23.5 Å². The highest BCUT2D eigenvalue weighted by atomic mass is 35.5. The molecule has 30 heavy (non-hydrogen) atoms. The second kappa shape index (κ2) is 11.2. The maximum Gasteiger partial charge on any atom is 0.244 e. The number of hydrogen-bond donors (Lipinski definition) is 2. The summed E-state index contributed by atoms with van der Waals surface area (Å²) >= 11 is 7.47. The quantitative estimate of drug-likeness (QED) is 0.419. The van der Waals surface area contributed by atoms with Gasteiger partial charge in [-0.05, 0) is 48.4 Å². The van der Waals surface area contributed by atoms with Crippen LogP contribution in [0.1, 0.15) is 18.1 Å². The minimum Gasteiger partial charge on any atom is -0.490 e. The summed E-state index contributed by atoms with van der Waals surface area (Å²) in [5.74, 6) is 0.552. The molecule has 0 aliphatic heterocycles. The van der Waals surface area contributed by atoms with Crippen molar-refractivity contribution in [2.45, 2.75) is 6.92 Å². The van der Waals surface area contributed by atoms with Gasteiger partial charge in [-0.25, -0.2) is 4.98 Å². The zero-order chi connectivity index (χ0) is 22.1. The predicted octanol–water partition coefficient (Wildman–Crippen LogP) is 4.33. The van der Waals surface area contributed by atoms with Crippen molar-refractivity contribution in [2.24, 2.45) is 0 Å². The third-order valence-corrected chi connectivity index (χ3v) is 5.10. The number of nitrogens with two attached hydrogens (primary N) is 1. The number of ether oxygens (including phenoxy) is 1. The van der Waals surface area contributed by atoms with Gasteiger partial charge in [0.05, 0.1) is 11.6 Å². The topological polar surface area (TPSA) is 94.3 Å². The smallest absolute Gasteiger partial charge is 0.244 e. The van der Waals surface area contributed by atoms with E-state index in [4.69, 9.17) is 22.1 Å². The van der Waals surface area contributed by atoms with Crippen LogP contribution in [0.2, 0.25) is 5.02 Å². The van der Waals surface area contributed by atoms with E-state index >= 15 is 0 Å². The normalized spacial score (nSPS) is 10.6. The van der Waals surface area contributed by atoms with Gasteiger partial charge >= 0.3 is 0 Å². The Labute approximate surface area is 184 Å². The summed E-state index contributed by atoms with van der Waals surface area (Å²) in [5, 5.41) is 3.12. The Morgan fingerprint density at radius 1 is 1.30 bits per heavy atom. The monoisotopic (exact) mass is 443 g/mol. The van der Waals surface area contributed by atoms with E-state index in [9.17, 15) is 9.59 Å². The lowest BCUT2D eigenvalue weighted by atomic mass is 10.2. The SMILES string of the molecule is C=C(SC(=C)c1ccc(OCCNC(=O)/C=C/c2ccc(N)nc2)c(Cl)c1)C(C)=O. The number of nitrogens with one attached hydrogen (secondary N) is 1. The minimum absolute atomic E-state index is 0.103. The predicted molar refractivity (Wildman–Crippen MR) is 124 cm³/mol. The van der Waals surface area contributed by atoms with Crippen LogP contribution in [0.15, 0.2) is 60.7 Å². The van der Waals surface area contributed by atoms with E-state index in [1.54, 1.807) is 42.6 Å². The van der Waals surface area contributed by atoms with E-state index < -0.39 is 0 Å².